The molecule has 0 unspecified atom stereocenters. The number of para-hydroxylation sites is 1. The van der Waals surface area contributed by atoms with Crippen molar-refractivity contribution in [1.29, 1.82) is 0 Å². The van der Waals surface area contributed by atoms with Crippen LogP contribution in [0, 0.1) is 0 Å². The summed E-state index contributed by atoms with van der Waals surface area (Å²) in [5.74, 6) is 0.989. The Balaban J connectivity index is 1.79. The second-order valence-electron chi connectivity index (χ2n) is 4.05. The van der Waals surface area contributed by atoms with Crippen LogP contribution in [0.2, 0.25) is 0 Å². The summed E-state index contributed by atoms with van der Waals surface area (Å²) in [5.41, 5.74) is 1.23. The van der Waals surface area contributed by atoms with Gasteiger partial charge in [0.15, 0.2) is 0 Å². The van der Waals surface area contributed by atoms with Gasteiger partial charge in [-0.15, -0.1) is 11.3 Å². The van der Waals surface area contributed by atoms with Crippen LogP contribution in [0.5, 0.6) is 5.75 Å². The summed E-state index contributed by atoms with van der Waals surface area (Å²) >= 11 is 1.82. The monoisotopic (exact) mass is 261 g/mol. The number of rotatable bonds is 7. The number of thiophene rings is 1. The van der Waals surface area contributed by atoms with Gasteiger partial charge in [0.2, 0.25) is 0 Å². The Morgan fingerprint density at radius 3 is 2.83 bits per heavy atom. The molecule has 0 aliphatic carbocycles. The molecule has 0 amide bonds. The Morgan fingerprint density at radius 1 is 1.17 bits per heavy atom. The highest BCUT2D eigenvalue weighted by molar-refractivity contribution is 7.09. The topological polar surface area (TPSA) is 21.3 Å². The average molecular weight is 261 g/mol. The highest BCUT2D eigenvalue weighted by atomic mass is 32.1. The minimum Gasteiger partial charge on any atom is -0.494 e. The number of benzene rings is 1. The van der Waals surface area contributed by atoms with E-state index in [1.165, 1.54) is 10.4 Å². The molecule has 18 heavy (non-hydrogen) atoms. The lowest BCUT2D eigenvalue weighted by molar-refractivity contribution is 0.335. The van der Waals surface area contributed by atoms with E-state index in [0.717, 1.165) is 25.3 Å². The quantitative estimate of drug-likeness (QED) is 0.770. The van der Waals surface area contributed by atoms with Crippen molar-refractivity contribution in [2.24, 2.45) is 0 Å². The molecular weight excluding hydrogens is 242 g/mol. The van der Waals surface area contributed by atoms with Crippen molar-refractivity contribution in [3.63, 3.8) is 0 Å². The van der Waals surface area contributed by atoms with Crippen LogP contribution in [0.4, 0.5) is 0 Å². The van der Waals surface area contributed by atoms with Gasteiger partial charge in [-0.25, -0.2) is 0 Å². The molecule has 2 nitrogen and oxygen atoms in total. The smallest absolute Gasteiger partial charge is 0.123 e. The molecule has 0 radical (unpaired) electrons. The van der Waals surface area contributed by atoms with Gasteiger partial charge < -0.3 is 10.1 Å². The van der Waals surface area contributed by atoms with E-state index in [-0.39, 0.29) is 0 Å². The molecule has 0 saturated heterocycles. The van der Waals surface area contributed by atoms with E-state index in [2.05, 4.69) is 35.0 Å². The minimum atomic E-state index is 0.714. The summed E-state index contributed by atoms with van der Waals surface area (Å²) in [4.78, 5) is 1.43. The van der Waals surface area contributed by atoms with Gasteiger partial charge in [0.1, 0.15) is 5.75 Å². The van der Waals surface area contributed by atoms with E-state index in [1.54, 1.807) is 0 Å². The van der Waals surface area contributed by atoms with Gasteiger partial charge in [0.05, 0.1) is 6.61 Å². The number of ether oxygens (including phenoxy) is 1. The standard InChI is InChI=1S/C15H19NOS/c1-2-17-15-8-4-3-6-13(15)12-16-10-9-14-7-5-11-18-14/h3-8,11,16H,2,9-10,12H2,1H3. The van der Waals surface area contributed by atoms with Gasteiger partial charge in [-0.05, 0) is 30.9 Å². The first kappa shape index (κ1) is 13.1. The summed E-state index contributed by atoms with van der Waals surface area (Å²) in [7, 11) is 0. The maximum Gasteiger partial charge on any atom is 0.123 e. The van der Waals surface area contributed by atoms with Crippen molar-refractivity contribution < 1.29 is 4.74 Å². The third kappa shape index (κ3) is 3.86. The normalized spacial score (nSPS) is 10.5. The molecule has 0 spiro atoms. The Hall–Kier alpha value is -1.32. The lowest BCUT2D eigenvalue weighted by atomic mass is 10.2. The van der Waals surface area contributed by atoms with Crippen molar-refractivity contribution in [3.05, 3.63) is 52.2 Å². The van der Waals surface area contributed by atoms with Gasteiger partial charge >= 0.3 is 0 Å². The first-order valence-electron chi connectivity index (χ1n) is 6.34. The Bertz CT molecular complexity index is 453. The zero-order valence-corrected chi connectivity index (χ0v) is 11.5. The Kier molecular flexibility index (Phi) is 5.24. The van der Waals surface area contributed by atoms with E-state index >= 15 is 0 Å². The van der Waals surface area contributed by atoms with Crippen LogP contribution < -0.4 is 10.1 Å². The van der Waals surface area contributed by atoms with E-state index in [0.29, 0.717) is 6.61 Å². The minimum absolute atomic E-state index is 0.714. The molecule has 96 valence electrons. The molecule has 1 aromatic heterocycles. The fraction of sp³-hybridized carbons (Fsp3) is 0.333. The highest BCUT2D eigenvalue weighted by Crippen LogP contribution is 2.17. The fourth-order valence-corrected chi connectivity index (χ4v) is 2.54. The molecule has 0 fully saturated rings. The van der Waals surface area contributed by atoms with Gasteiger partial charge in [-0.2, -0.15) is 0 Å². The first-order valence-corrected chi connectivity index (χ1v) is 7.22. The van der Waals surface area contributed by atoms with Crippen molar-refractivity contribution in [3.8, 4) is 5.75 Å². The highest BCUT2D eigenvalue weighted by Gasteiger charge is 2.01. The number of hydrogen-bond donors (Lipinski definition) is 1. The second-order valence-corrected chi connectivity index (χ2v) is 5.08. The van der Waals surface area contributed by atoms with Crippen molar-refractivity contribution in [2.75, 3.05) is 13.2 Å². The first-order chi connectivity index (χ1) is 8.90. The summed E-state index contributed by atoms with van der Waals surface area (Å²) in [6.07, 6.45) is 1.09. The molecule has 1 aromatic carbocycles. The third-order valence-electron chi connectivity index (χ3n) is 2.72. The van der Waals surface area contributed by atoms with Crippen LogP contribution in [0.1, 0.15) is 17.4 Å². The molecule has 2 aromatic rings. The molecule has 0 saturated carbocycles. The van der Waals surface area contributed by atoms with Crippen LogP contribution in [0.25, 0.3) is 0 Å². The Morgan fingerprint density at radius 2 is 2.06 bits per heavy atom. The van der Waals surface area contributed by atoms with Crippen molar-refractivity contribution >= 4 is 11.3 Å². The largest absolute Gasteiger partial charge is 0.494 e. The van der Waals surface area contributed by atoms with E-state index in [9.17, 15) is 0 Å². The fourth-order valence-electron chi connectivity index (χ4n) is 1.84. The molecule has 0 atom stereocenters. The molecule has 0 bridgehead atoms. The maximum absolute atomic E-state index is 5.60. The van der Waals surface area contributed by atoms with Crippen molar-refractivity contribution in [1.82, 2.24) is 5.32 Å². The van der Waals surface area contributed by atoms with Gasteiger partial charge in [-0.1, -0.05) is 24.3 Å². The third-order valence-corrected chi connectivity index (χ3v) is 3.65. The summed E-state index contributed by atoms with van der Waals surface area (Å²) in [5, 5.41) is 5.59. The van der Waals surface area contributed by atoms with Crippen LogP contribution >= 0.6 is 11.3 Å². The molecule has 1 N–H and O–H groups in total. The SMILES string of the molecule is CCOc1ccccc1CNCCc1cccs1. The molecule has 0 aliphatic rings. The van der Waals surface area contributed by atoms with Gasteiger partial charge in [0.25, 0.3) is 0 Å². The summed E-state index contributed by atoms with van der Waals surface area (Å²) in [6, 6.07) is 12.5. The second kappa shape index (κ2) is 7.19. The lowest BCUT2D eigenvalue weighted by Crippen LogP contribution is -2.16. The summed E-state index contributed by atoms with van der Waals surface area (Å²) in [6.45, 7) is 4.59. The van der Waals surface area contributed by atoms with Crippen molar-refractivity contribution in [2.45, 2.75) is 19.9 Å². The Labute approximate surface area is 113 Å². The maximum atomic E-state index is 5.60. The zero-order chi connectivity index (χ0) is 12.6. The van der Waals surface area contributed by atoms with Crippen LogP contribution in [0.3, 0.4) is 0 Å². The van der Waals surface area contributed by atoms with Crippen LogP contribution in [-0.4, -0.2) is 13.2 Å². The molecule has 0 aliphatic heterocycles. The molecule has 3 heteroatoms. The van der Waals surface area contributed by atoms with E-state index in [4.69, 9.17) is 4.74 Å². The zero-order valence-electron chi connectivity index (χ0n) is 10.7. The predicted molar refractivity (Wildman–Crippen MR) is 77.3 cm³/mol. The van der Waals surface area contributed by atoms with Crippen LogP contribution in [-0.2, 0) is 13.0 Å². The van der Waals surface area contributed by atoms with Gasteiger partial charge in [0, 0.05) is 23.5 Å². The van der Waals surface area contributed by atoms with Crippen LogP contribution in [0.15, 0.2) is 41.8 Å². The number of nitrogens with one attached hydrogen (secondary N) is 1. The molecular formula is C15H19NOS. The van der Waals surface area contributed by atoms with E-state index < -0.39 is 0 Å². The van der Waals surface area contributed by atoms with E-state index in [1.807, 2.05) is 30.4 Å². The average Bonchev–Trinajstić information content (AvgIpc) is 2.90. The predicted octanol–water partition coefficient (Wildman–Crippen LogP) is 3.48. The molecule has 1 heterocycles. The molecule has 2 rings (SSSR count). The van der Waals surface area contributed by atoms with Gasteiger partial charge in [-0.3, -0.25) is 0 Å². The lowest BCUT2D eigenvalue weighted by Gasteiger charge is -2.10. The number of hydrogen-bond acceptors (Lipinski definition) is 3. The summed E-state index contributed by atoms with van der Waals surface area (Å²) < 4.78 is 5.60.